The Morgan fingerprint density at radius 2 is 1.76 bits per heavy atom. The van der Waals surface area contributed by atoms with Gasteiger partial charge >= 0.3 is 0 Å². The standard InChI is InChI=1S/C16H14N2O2S.C8H10FN.C5H10N2O.C2H6/c1-10-4-5-17-13-8-14(21-15(10)13)12-3-2-11(9-18-12)16-19-6-7-20-16;1-6-3-4-7(10-2)5-8(6)9;1-7-2-5(3-7)6-4-8;1-2/h2-5,8-9,16H,6-7H2,1H3;3-5,10H,1-2H3;4-5H,2-3H2,1H3,(H,6,8);1-2H3. The summed E-state index contributed by atoms with van der Waals surface area (Å²) in [6.07, 6.45) is 4.17. The SMILES string of the molecule is CC.CN1CC(NC=O)C1.CNc1ccc(C)c(F)c1.Cc1ccnc2cc(-c3ccc(C4OCCO4)cn3)sc12. The van der Waals surface area contributed by atoms with Crippen molar-refractivity contribution in [2.24, 2.45) is 0 Å². The highest BCUT2D eigenvalue weighted by molar-refractivity contribution is 7.22. The third-order valence-electron chi connectivity index (χ3n) is 6.37. The van der Waals surface area contributed by atoms with Gasteiger partial charge in [0.1, 0.15) is 5.82 Å². The molecule has 2 aliphatic rings. The summed E-state index contributed by atoms with van der Waals surface area (Å²) in [6, 6.07) is 13.7. The minimum absolute atomic E-state index is 0.160. The average Bonchev–Trinajstić information content (AvgIpc) is 3.67. The number of aromatic nitrogens is 2. The van der Waals surface area contributed by atoms with E-state index in [2.05, 4.69) is 38.5 Å². The van der Waals surface area contributed by atoms with Crippen LogP contribution in [-0.4, -0.2) is 67.7 Å². The molecule has 1 aromatic carbocycles. The molecule has 6 rings (SSSR count). The molecule has 10 heteroatoms. The minimum Gasteiger partial charge on any atom is -0.388 e. The number of hydrogen-bond acceptors (Lipinski definition) is 8. The average molecular weight is 582 g/mol. The number of rotatable bonds is 5. The fourth-order valence-corrected chi connectivity index (χ4v) is 5.14. The summed E-state index contributed by atoms with van der Waals surface area (Å²) < 4.78 is 24.9. The van der Waals surface area contributed by atoms with E-state index in [1.807, 2.05) is 57.6 Å². The summed E-state index contributed by atoms with van der Waals surface area (Å²) in [5, 5.41) is 5.55. The normalized spacial score (nSPS) is 14.9. The lowest BCUT2D eigenvalue weighted by atomic mass is 10.1. The summed E-state index contributed by atoms with van der Waals surface area (Å²) in [7, 11) is 3.80. The van der Waals surface area contributed by atoms with Crippen molar-refractivity contribution in [3.8, 4) is 10.6 Å². The van der Waals surface area contributed by atoms with Crippen molar-refractivity contribution >= 4 is 33.7 Å². The number of nitrogens with zero attached hydrogens (tertiary/aromatic N) is 3. The van der Waals surface area contributed by atoms with E-state index < -0.39 is 0 Å². The molecule has 0 saturated carbocycles. The highest BCUT2D eigenvalue weighted by atomic mass is 32.1. The first kappa shape index (κ1) is 32.1. The van der Waals surface area contributed by atoms with E-state index in [4.69, 9.17) is 9.47 Å². The van der Waals surface area contributed by atoms with Crippen LogP contribution in [0.5, 0.6) is 0 Å². The Morgan fingerprint density at radius 3 is 2.32 bits per heavy atom. The Hall–Kier alpha value is -3.44. The van der Waals surface area contributed by atoms with Gasteiger partial charge < -0.3 is 25.0 Å². The maximum absolute atomic E-state index is 12.7. The van der Waals surface area contributed by atoms with Gasteiger partial charge in [-0.05, 0) is 62.4 Å². The Morgan fingerprint density at radius 1 is 1.02 bits per heavy atom. The fourth-order valence-electron chi connectivity index (χ4n) is 4.08. The smallest absolute Gasteiger partial charge is 0.207 e. The van der Waals surface area contributed by atoms with Gasteiger partial charge in [0, 0.05) is 43.8 Å². The quantitative estimate of drug-likeness (QED) is 0.281. The number of aryl methyl sites for hydroxylation is 2. The Labute approximate surface area is 245 Å². The zero-order chi connectivity index (χ0) is 29.8. The summed E-state index contributed by atoms with van der Waals surface area (Å²) in [5.74, 6) is -0.160. The van der Waals surface area contributed by atoms with Crippen LogP contribution in [0.25, 0.3) is 20.8 Å². The largest absolute Gasteiger partial charge is 0.388 e. The van der Waals surface area contributed by atoms with Gasteiger partial charge in [0.15, 0.2) is 6.29 Å². The number of nitrogens with one attached hydrogen (secondary N) is 2. The van der Waals surface area contributed by atoms with Crippen molar-refractivity contribution in [3.05, 3.63) is 77.4 Å². The molecular weight excluding hydrogens is 541 g/mol. The summed E-state index contributed by atoms with van der Waals surface area (Å²) >= 11 is 1.73. The number of thiophene rings is 1. The second-order valence-electron chi connectivity index (χ2n) is 9.42. The van der Waals surface area contributed by atoms with E-state index in [-0.39, 0.29) is 12.1 Å². The summed E-state index contributed by atoms with van der Waals surface area (Å²) in [5.41, 5.74) is 5.69. The third-order valence-corrected chi connectivity index (χ3v) is 7.65. The van der Waals surface area contributed by atoms with Crippen molar-refractivity contribution in [2.75, 3.05) is 45.7 Å². The number of ether oxygens (including phenoxy) is 2. The molecule has 2 N–H and O–H groups in total. The van der Waals surface area contributed by atoms with E-state index in [9.17, 15) is 9.18 Å². The predicted octanol–water partition coefficient (Wildman–Crippen LogP) is 5.96. The van der Waals surface area contributed by atoms with Gasteiger partial charge in [-0.2, -0.15) is 0 Å². The van der Waals surface area contributed by atoms with Gasteiger partial charge in [-0.15, -0.1) is 11.3 Å². The molecule has 8 nitrogen and oxygen atoms in total. The maximum Gasteiger partial charge on any atom is 0.207 e. The molecule has 0 aliphatic carbocycles. The third kappa shape index (κ3) is 9.02. The van der Waals surface area contributed by atoms with Gasteiger partial charge in [0.05, 0.1) is 40.0 Å². The second kappa shape index (κ2) is 16.1. The summed E-state index contributed by atoms with van der Waals surface area (Å²) in [6.45, 7) is 11.1. The number of hydrogen-bond donors (Lipinski definition) is 2. The topological polar surface area (TPSA) is 88.6 Å². The highest BCUT2D eigenvalue weighted by Gasteiger charge is 2.21. The van der Waals surface area contributed by atoms with E-state index in [0.717, 1.165) is 46.8 Å². The van der Waals surface area contributed by atoms with E-state index >= 15 is 0 Å². The van der Waals surface area contributed by atoms with Crippen molar-refractivity contribution in [1.82, 2.24) is 20.2 Å². The molecule has 0 unspecified atom stereocenters. The first-order chi connectivity index (χ1) is 19.9. The molecule has 2 fully saturated rings. The Balaban J connectivity index is 0.000000192. The lowest BCUT2D eigenvalue weighted by Gasteiger charge is -2.35. The number of amides is 1. The molecule has 2 aliphatic heterocycles. The van der Waals surface area contributed by atoms with Crippen LogP contribution in [0.15, 0.2) is 54.9 Å². The molecule has 3 aromatic heterocycles. The van der Waals surface area contributed by atoms with Gasteiger partial charge in [-0.25, -0.2) is 4.39 Å². The molecule has 0 atom stereocenters. The van der Waals surface area contributed by atoms with Crippen molar-refractivity contribution < 1.29 is 18.7 Å². The molecule has 1 amide bonds. The molecule has 41 heavy (non-hydrogen) atoms. The number of pyridine rings is 2. The molecule has 220 valence electrons. The predicted molar refractivity (Wildman–Crippen MR) is 165 cm³/mol. The fraction of sp³-hybridized carbons (Fsp3) is 0.387. The number of fused-ring (bicyclic) bond motifs is 1. The van der Waals surface area contributed by atoms with Gasteiger partial charge in [0.25, 0.3) is 0 Å². The van der Waals surface area contributed by atoms with E-state index in [1.54, 1.807) is 31.4 Å². The molecule has 2 saturated heterocycles. The zero-order valence-corrected chi connectivity index (χ0v) is 25.4. The number of carbonyl (C=O) groups excluding carboxylic acids is 1. The van der Waals surface area contributed by atoms with Crippen LogP contribution < -0.4 is 10.6 Å². The second-order valence-corrected chi connectivity index (χ2v) is 10.5. The van der Waals surface area contributed by atoms with Gasteiger partial charge in [0.2, 0.25) is 6.41 Å². The number of likely N-dealkylation sites (N-methyl/N-ethyl adjacent to an activating group) is 1. The maximum atomic E-state index is 12.7. The number of anilines is 1. The molecule has 5 heterocycles. The number of carbonyl (C=O) groups is 1. The molecule has 4 aromatic rings. The number of benzene rings is 1. The van der Waals surface area contributed by atoms with Crippen LogP contribution in [-0.2, 0) is 14.3 Å². The Kier molecular flexibility index (Phi) is 12.6. The van der Waals surface area contributed by atoms with E-state index in [1.165, 1.54) is 16.3 Å². The van der Waals surface area contributed by atoms with Crippen molar-refractivity contribution in [2.45, 2.75) is 40.0 Å². The van der Waals surface area contributed by atoms with Crippen LogP contribution in [0, 0.1) is 19.7 Å². The molecular formula is C31H40FN5O3S. The lowest BCUT2D eigenvalue weighted by molar-refractivity contribution is -0.111. The number of halogens is 1. The lowest BCUT2D eigenvalue weighted by Crippen LogP contribution is -2.55. The van der Waals surface area contributed by atoms with Crippen LogP contribution in [0.3, 0.4) is 0 Å². The molecule has 0 spiro atoms. The molecule has 0 bridgehead atoms. The minimum atomic E-state index is -0.266. The van der Waals surface area contributed by atoms with Gasteiger partial charge in [-0.3, -0.25) is 14.8 Å². The number of likely N-dealkylation sites (tertiary alicyclic amines) is 1. The van der Waals surface area contributed by atoms with E-state index in [0.29, 0.717) is 24.8 Å². The first-order valence-electron chi connectivity index (χ1n) is 13.7. The first-order valence-corrected chi connectivity index (χ1v) is 14.6. The van der Waals surface area contributed by atoms with Crippen molar-refractivity contribution in [1.29, 1.82) is 0 Å². The summed E-state index contributed by atoms with van der Waals surface area (Å²) in [4.78, 5) is 22.0. The zero-order valence-electron chi connectivity index (χ0n) is 24.6. The highest BCUT2D eigenvalue weighted by Crippen LogP contribution is 2.34. The monoisotopic (exact) mass is 581 g/mol. The van der Waals surface area contributed by atoms with Crippen LogP contribution in [0.1, 0.15) is 36.8 Å². The van der Waals surface area contributed by atoms with Gasteiger partial charge in [-0.1, -0.05) is 26.0 Å². The van der Waals surface area contributed by atoms with Crippen LogP contribution in [0.4, 0.5) is 10.1 Å². The van der Waals surface area contributed by atoms with Crippen LogP contribution in [0.2, 0.25) is 0 Å². The molecule has 0 radical (unpaired) electrons. The van der Waals surface area contributed by atoms with Crippen LogP contribution >= 0.6 is 11.3 Å². The van der Waals surface area contributed by atoms with Crippen molar-refractivity contribution in [3.63, 3.8) is 0 Å². The Bertz CT molecular complexity index is 1370.